The van der Waals surface area contributed by atoms with Gasteiger partial charge in [-0.25, -0.2) is 4.98 Å². The number of hydrogen-bond acceptors (Lipinski definition) is 6. The smallest absolute Gasteiger partial charge is 0.269 e. The monoisotopic (exact) mass is 467 g/mol. The molecule has 2 heterocycles. The molecule has 0 atom stereocenters. The second kappa shape index (κ2) is 8.74. The second-order valence-corrected chi connectivity index (χ2v) is 8.04. The first-order valence-electron chi connectivity index (χ1n) is 8.82. The summed E-state index contributed by atoms with van der Waals surface area (Å²) in [5.74, 6) is 0.997. The van der Waals surface area contributed by atoms with Gasteiger partial charge in [0.15, 0.2) is 0 Å². The van der Waals surface area contributed by atoms with E-state index >= 15 is 0 Å². The average molecular weight is 468 g/mol. The number of non-ortho nitro benzene ring substituents is 1. The quantitative estimate of drug-likeness (QED) is 0.173. The number of nitro benzene ring substituents is 1. The number of rotatable bonds is 5. The van der Waals surface area contributed by atoms with Crippen molar-refractivity contribution in [2.45, 2.75) is 0 Å². The number of thiazole rings is 1. The number of halogens is 2. The number of nitriles is 1. The van der Waals surface area contributed by atoms with E-state index < -0.39 is 4.92 Å². The van der Waals surface area contributed by atoms with Crippen molar-refractivity contribution < 1.29 is 9.34 Å². The summed E-state index contributed by atoms with van der Waals surface area (Å²) in [4.78, 5) is 14.8. The van der Waals surface area contributed by atoms with Gasteiger partial charge in [0.05, 0.1) is 21.2 Å². The summed E-state index contributed by atoms with van der Waals surface area (Å²) in [6.45, 7) is 0. The summed E-state index contributed by atoms with van der Waals surface area (Å²) < 4.78 is 5.83. The molecule has 4 aromatic rings. The summed E-state index contributed by atoms with van der Waals surface area (Å²) >= 11 is 13.6. The Morgan fingerprint density at radius 2 is 1.94 bits per heavy atom. The van der Waals surface area contributed by atoms with Crippen LogP contribution in [0.4, 0.5) is 5.69 Å². The van der Waals surface area contributed by atoms with Crippen LogP contribution in [0.25, 0.3) is 34.2 Å². The zero-order valence-electron chi connectivity index (χ0n) is 15.6. The van der Waals surface area contributed by atoms with Gasteiger partial charge in [0.2, 0.25) is 0 Å². The molecule has 0 aliphatic carbocycles. The van der Waals surface area contributed by atoms with E-state index in [9.17, 15) is 15.4 Å². The highest BCUT2D eigenvalue weighted by Gasteiger charge is 2.13. The van der Waals surface area contributed by atoms with Crippen molar-refractivity contribution in [1.29, 1.82) is 5.26 Å². The molecule has 0 amide bonds. The predicted octanol–water partition coefficient (Wildman–Crippen LogP) is 7.35. The first kappa shape index (κ1) is 20.8. The Morgan fingerprint density at radius 1 is 1.16 bits per heavy atom. The van der Waals surface area contributed by atoms with Gasteiger partial charge in [0, 0.05) is 39.7 Å². The van der Waals surface area contributed by atoms with Crippen LogP contribution in [0.1, 0.15) is 10.8 Å². The number of hydrogen-bond donors (Lipinski definition) is 0. The molecule has 6 nitrogen and oxygen atoms in total. The van der Waals surface area contributed by atoms with Gasteiger partial charge in [0.1, 0.15) is 22.6 Å². The molecule has 152 valence electrons. The van der Waals surface area contributed by atoms with E-state index in [1.165, 1.54) is 23.5 Å². The molecule has 0 spiro atoms. The number of allylic oxidation sites excluding steroid dienone is 1. The van der Waals surface area contributed by atoms with Gasteiger partial charge in [0.25, 0.3) is 5.69 Å². The van der Waals surface area contributed by atoms with Gasteiger partial charge in [-0.1, -0.05) is 23.2 Å². The molecule has 0 aliphatic heterocycles. The zero-order valence-corrected chi connectivity index (χ0v) is 17.9. The Bertz CT molecular complexity index is 1350. The number of aromatic nitrogens is 1. The van der Waals surface area contributed by atoms with Crippen LogP contribution in [0.3, 0.4) is 0 Å². The molecule has 0 aliphatic rings. The molecule has 2 aromatic carbocycles. The molecule has 0 saturated carbocycles. The maximum atomic E-state index is 10.8. The normalized spacial score (nSPS) is 11.3. The SMILES string of the molecule is N#C/C(=C\c1ccc(-c2cc(Cl)ccc2Cl)o1)c1nc(-c2ccc([N+](=O)[O-])cc2)cs1. The van der Waals surface area contributed by atoms with Gasteiger partial charge in [-0.3, -0.25) is 10.1 Å². The fourth-order valence-electron chi connectivity index (χ4n) is 2.83. The van der Waals surface area contributed by atoms with E-state index in [1.807, 2.05) is 0 Å². The largest absolute Gasteiger partial charge is 0.457 e. The van der Waals surface area contributed by atoms with Crippen molar-refractivity contribution >= 4 is 51.9 Å². The van der Waals surface area contributed by atoms with Crippen LogP contribution in [0.5, 0.6) is 0 Å². The Kier molecular flexibility index (Phi) is 5.87. The molecule has 4 rings (SSSR count). The van der Waals surface area contributed by atoms with E-state index in [2.05, 4.69) is 11.1 Å². The van der Waals surface area contributed by atoms with E-state index in [0.717, 1.165) is 5.56 Å². The van der Waals surface area contributed by atoms with Gasteiger partial charge in [-0.15, -0.1) is 11.3 Å². The van der Waals surface area contributed by atoms with Crippen molar-refractivity contribution in [1.82, 2.24) is 4.98 Å². The highest BCUT2D eigenvalue weighted by atomic mass is 35.5. The Balaban J connectivity index is 1.61. The lowest BCUT2D eigenvalue weighted by molar-refractivity contribution is -0.384. The third-order valence-corrected chi connectivity index (χ3v) is 5.78. The number of benzene rings is 2. The van der Waals surface area contributed by atoms with Crippen LogP contribution in [-0.4, -0.2) is 9.91 Å². The molecule has 0 fully saturated rings. The lowest BCUT2D eigenvalue weighted by Gasteiger charge is -2.01. The van der Waals surface area contributed by atoms with Gasteiger partial charge in [-0.2, -0.15) is 5.26 Å². The maximum absolute atomic E-state index is 10.8. The summed E-state index contributed by atoms with van der Waals surface area (Å²) in [7, 11) is 0. The van der Waals surface area contributed by atoms with E-state index in [4.69, 9.17) is 27.6 Å². The number of furan rings is 1. The Morgan fingerprint density at radius 3 is 2.65 bits per heavy atom. The fraction of sp³-hybridized carbons (Fsp3) is 0. The minimum absolute atomic E-state index is 0.00485. The topological polar surface area (TPSA) is 93.0 Å². The first-order chi connectivity index (χ1) is 14.9. The van der Waals surface area contributed by atoms with Crippen LogP contribution < -0.4 is 0 Å². The Labute approximate surface area is 190 Å². The standard InChI is InChI=1S/C22H11Cl2N3O3S/c23-15-3-7-19(24)18(10-15)21-8-6-17(30-21)9-14(11-25)22-26-20(12-31-22)13-1-4-16(5-2-13)27(28)29/h1-10,12H/b14-9+. The predicted molar refractivity (Wildman–Crippen MR) is 122 cm³/mol. The van der Waals surface area contributed by atoms with Crippen molar-refractivity contribution in [2.75, 3.05) is 0 Å². The minimum Gasteiger partial charge on any atom is -0.457 e. The molecule has 0 unspecified atom stereocenters. The molecular weight excluding hydrogens is 457 g/mol. The van der Waals surface area contributed by atoms with E-state index in [0.29, 0.717) is 43.4 Å². The van der Waals surface area contributed by atoms with Crippen LogP contribution >= 0.6 is 34.5 Å². The first-order valence-corrected chi connectivity index (χ1v) is 10.5. The number of nitro groups is 1. The van der Waals surface area contributed by atoms with E-state index in [1.54, 1.807) is 53.9 Å². The minimum atomic E-state index is -0.457. The molecule has 9 heteroatoms. The average Bonchev–Trinajstić information content (AvgIpc) is 3.44. The third-order valence-electron chi connectivity index (χ3n) is 4.34. The second-order valence-electron chi connectivity index (χ2n) is 6.34. The van der Waals surface area contributed by atoms with Crippen LogP contribution in [0.2, 0.25) is 10.0 Å². The lowest BCUT2D eigenvalue weighted by Crippen LogP contribution is -1.87. The third kappa shape index (κ3) is 4.52. The molecule has 0 bridgehead atoms. The molecule has 0 radical (unpaired) electrons. The van der Waals surface area contributed by atoms with Crippen molar-refractivity contribution in [3.8, 4) is 28.7 Å². The maximum Gasteiger partial charge on any atom is 0.269 e. The van der Waals surface area contributed by atoms with Crippen molar-refractivity contribution in [3.63, 3.8) is 0 Å². The Hall–Kier alpha value is -3.44. The van der Waals surface area contributed by atoms with Gasteiger partial charge < -0.3 is 4.42 Å². The van der Waals surface area contributed by atoms with Crippen LogP contribution in [0.15, 0.2) is 64.4 Å². The van der Waals surface area contributed by atoms with Gasteiger partial charge >= 0.3 is 0 Å². The van der Waals surface area contributed by atoms with Crippen LogP contribution in [-0.2, 0) is 0 Å². The zero-order chi connectivity index (χ0) is 22.0. The molecule has 31 heavy (non-hydrogen) atoms. The summed E-state index contributed by atoms with van der Waals surface area (Å²) in [6.07, 6.45) is 1.60. The molecular formula is C22H11Cl2N3O3S. The number of nitrogens with zero attached hydrogens (tertiary/aromatic N) is 3. The van der Waals surface area contributed by atoms with Crippen molar-refractivity contribution in [2.24, 2.45) is 0 Å². The molecule has 0 saturated heterocycles. The highest BCUT2D eigenvalue weighted by Crippen LogP contribution is 2.33. The summed E-state index contributed by atoms with van der Waals surface area (Å²) in [6, 6.07) is 16.8. The summed E-state index contributed by atoms with van der Waals surface area (Å²) in [5.41, 5.74) is 2.34. The van der Waals surface area contributed by atoms with Crippen LogP contribution in [0, 0.1) is 21.4 Å². The molecule has 0 N–H and O–H groups in total. The van der Waals surface area contributed by atoms with Gasteiger partial charge in [-0.05, 0) is 42.5 Å². The fourth-order valence-corrected chi connectivity index (χ4v) is 4.01. The van der Waals surface area contributed by atoms with Crippen molar-refractivity contribution in [3.05, 3.63) is 90.9 Å². The lowest BCUT2D eigenvalue weighted by atomic mass is 10.1. The van der Waals surface area contributed by atoms with E-state index in [-0.39, 0.29) is 5.69 Å². The highest BCUT2D eigenvalue weighted by molar-refractivity contribution is 7.11. The molecule has 2 aromatic heterocycles. The summed E-state index contributed by atoms with van der Waals surface area (Å²) in [5, 5.41) is 23.8.